The second-order valence-electron chi connectivity index (χ2n) is 5.46. The molecule has 0 radical (unpaired) electrons. The molecule has 1 aromatic rings. The van der Waals surface area contributed by atoms with Gasteiger partial charge in [0.2, 0.25) is 11.8 Å². The topological polar surface area (TPSA) is 75.4 Å². The lowest BCUT2D eigenvalue weighted by Crippen LogP contribution is -2.23. The lowest BCUT2D eigenvalue weighted by Gasteiger charge is -2.16. The summed E-state index contributed by atoms with van der Waals surface area (Å²) < 4.78 is 0. The van der Waals surface area contributed by atoms with Gasteiger partial charge in [-0.15, -0.1) is 0 Å². The molecule has 0 bridgehead atoms. The lowest BCUT2D eigenvalue weighted by atomic mass is 10.0. The number of nitrogens with one attached hydrogen (secondary N) is 1. The van der Waals surface area contributed by atoms with Crippen LogP contribution in [0.3, 0.4) is 0 Å². The number of hydrogen-bond acceptors (Lipinski definition) is 3. The predicted octanol–water partition coefficient (Wildman–Crippen LogP) is 2.13. The van der Waals surface area contributed by atoms with Gasteiger partial charge < -0.3 is 16.0 Å². The molecule has 5 heteroatoms. The van der Waals surface area contributed by atoms with Crippen molar-refractivity contribution in [1.82, 2.24) is 0 Å². The molecule has 2 amide bonds. The van der Waals surface area contributed by atoms with Crippen molar-refractivity contribution in [2.75, 3.05) is 23.3 Å². The summed E-state index contributed by atoms with van der Waals surface area (Å²) in [6.45, 7) is 3.34. The molecule has 1 aliphatic heterocycles. The molecule has 1 unspecified atom stereocenters. The fourth-order valence-electron chi connectivity index (χ4n) is 2.51. The maximum Gasteiger partial charge on any atom is 0.227 e. The number of anilines is 2. The number of rotatable bonds is 6. The van der Waals surface area contributed by atoms with Crippen molar-refractivity contribution in [1.29, 1.82) is 0 Å². The van der Waals surface area contributed by atoms with Gasteiger partial charge in [0.05, 0.1) is 0 Å². The van der Waals surface area contributed by atoms with Gasteiger partial charge in [-0.05, 0) is 43.1 Å². The highest BCUT2D eigenvalue weighted by molar-refractivity contribution is 5.96. The Hall–Kier alpha value is -1.88. The summed E-state index contributed by atoms with van der Waals surface area (Å²) >= 11 is 0. The lowest BCUT2D eigenvalue weighted by molar-refractivity contribution is -0.117. The molecule has 1 saturated heterocycles. The van der Waals surface area contributed by atoms with Crippen LogP contribution in [0.25, 0.3) is 0 Å². The number of carbonyl (C=O) groups excluding carboxylic acids is 2. The van der Waals surface area contributed by atoms with Crippen molar-refractivity contribution in [3.63, 3.8) is 0 Å². The Morgan fingerprint density at radius 1 is 1.38 bits per heavy atom. The minimum atomic E-state index is -0.0164. The number of benzene rings is 1. The van der Waals surface area contributed by atoms with Crippen LogP contribution in [-0.2, 0) is 9.59 Å². The zero-order valence-corrected chi connectivity index (χ0v) is 12.5. The van der Waals surface area contributed by atoms with Crippen LogP contribution in [-0.4, -0.2) is 24.9 Å². The van der Waals surface area contributed by atoms with Crippen molar-refractivity contribution in [3.8, 4) is 0 Å². The standard InChI is InChI=1S/C16H23N3O2/c1-2-12(11-17)10-15(20)18-13-5-7-14(8-6-13)19-9-3-4-16(19)21/h5-8,12H,2-4,9-11,17H2,1H3,(H,18,20). The summed E-state index contributed by atoms with van der Waals surface area (Å²) in [5.41, 5.74) is 7.25. The van der Waals surface area contributed by atoms with Crippen LogP contribution in [0, 0.1) is 5.92 Å². The van der Waals surface area contributed by atoms with Gasteiger partial charge in [-0.25, -0.2) is 0 Å². The van der Waals surface area contributed by atoms with E-state index in [9.17, 15) is 9.59 Å². The number of amides is 2. The monoisotopic (exact) mass is 289 g/mol. The highest BCUT2D eigenvalue weighted by Gasteiger charge is 2.21. The van der Waals surface area contributed by atoms with Gasteiger partial charge in [0, 0.05) is 30.8 Å². The SMILES string of the molecule is CCC(CN)CC(=O)Nc1ccc(N2CCCC2=O)cc1. The Morgan fingerprint density at radius 2 is 2.10 bits per heavy atom. The first-order valence-electron chi connectivity index (χ1n) is 7.54. The van der Waals surface area contributed by atoms with E-state index in [1.54, 1.807) is 4.90 Å². The minimum absolute atomic E-state index is 0.0164. The summed E-state index contributed by atoms with van der Waals surface area (Å²) in [5, 5.41) is 2.87. The molecule has 0 spiro atoms. The van der Waals surface area contributed by atoms with Gasteiger partial charge in [-0.3, -0.25) is 9.59 Å². The molecule has 5 nitrogen and oxygen atoms in total. The molecule has 21 heavy (non-hydrogen) atoms. The first-order chi connectivity index (χ1) is 10.1. The first kappa shape index (κ1) is 15.5. The minimum Gasteiger partial charge on any atom is -0.330 e. The fraction of sp³-hybridized carbons (Fsp3) is 0.500. The molecule has 0 saturated carbocycles. The number of carbonyl (C=O) groups is 2. The van der Waals surface area contributed by atoms with Gasteiger partial charge in [-0.1, -0.05) is 13.3 Å². The zero-order valence-electron chi connectivity index (χ0n) is 12.5. The Bertz CT molecular complexity index is 495. The molecule has 0 aromatic heterocycles. The molecule has 1 atom stereocenters. The van der Waals surface area contributed by atoms with Crippen LogP contribution in [0.5, 0.6) is 0 Å². The Morgan fingerprint density at radius 3 is 2.62 bits per heavy atom. The van der Waals surface area contributed by atoms with Crippen molar-refractivity contribution in [2.45, 2.75) is 32.6 Å². The molecule has 1 aromatic carbocycles. The highest BCUT2D eigenvalue weighted by Crippen LogP contribution is 2.23. The summed E-state index contributed by atoms with van der Waals surface area (Å²) in [4.78, 5) is 25.4. The number of nitrogens with two attached hydrogens (primary N) is 1. The van der Waals surface area contributed by atoms with Crippen LogP contribution < -0.4 is 16.0 Å². The molecule has 114 valence electrons. The van der Waals surface area contributed by atoms with E-state index in [-0.39, 0.29) is 17.7 Å². The van der Waals surface area contributed by atoms with Gasteiger partial charge in [0.1, 0.15) is 0 Å². The quantitative estimate of drug-likeness (QED) is 0.842. The molecule has 2 rings (SSSR count). The van der Waals surface area contributed by atoms with Crippen LogP contribution in [0.15, 0.2) is 24.3 Å². The summed E-state index contributed by atoms with van der Waals surface area (Å²) in [6, 6.07) is 7.42. The number of nitrogens with zero attached hydrogens (tertiary/aromatic N) is 1. The molecule has 3 N–H and O–H groups in total. The second-order valence-corrected chi connectivity index (χ2v) is 5.46. The second kappa shape index (κ2) is 7.22. The third kappa shape index (κ3) is 4.04. The summed E-state index contributed by atoms with van der Waals surface area (Å²) in [7, 11) is 0. The van der Waals surface area contributed by atoms with Crippen LogP contribution in [0.4, 0.5) is 11.4 Å². The van der Waals surface area contributed by atoms with Gasteiger partial charge in [0.25, 0.3) is 0 Å². The average Bonchev–Trinajstić information content (AvgIpc) is 2.92. The smallest absolute Gasteiger partial charge is 0.227 e. The van der Waals surface area contributed by atoms with Crippen molar-refractivity contribution in [3.05, 3.63) is 24.3 Å². The molecular weight excluding hydrogens is 266 g/mol. The summed E-state index contributed by atoms with van der Waals surface area (Å²) in [6.07, 6.45) is 2.88. The van der Waals surface area contributed by atoms with E-state index >= 15 is 0 Å². The summed E-state index contributed by atoms with van der Waals surface area (Å²) in [5.74, 6) is 0.379. The van der Waals surface area contributed by atoms with Gasteiger partial charge in [0.15, 0.2) is 0 Å². The predicted molar refractivity (Wildman–Crippen MR) is 84.1 cm³/mol. The molecule has 1 aliphatic rings. The average molecular weight is 289 g/mol. The van der Waals surface area contributed by atoms with E-state index in [0.29, 0.717) is 19.4 Å². The maximum atomic E-state index is 11.9. The van der Waals surface area contributed by atoms with E-state index in [2.05, 4.69) is 5.32 Å². The highest BCUT2D eigenvalue weighted by atomic mass is 16.2. The van der Waals surface area contributed by atoms with Crippen molar-refractivity contribution >= 4 is 23.2 Å². The van der Waals surface area contributed by atoms with E-state index in [1.807, 2.05) is 31.2 Å². The van der Waals surface area contributed by atoms with Crippen LogP contribution >= 0.6 is 0 Å². The third-order valence-electron chi connectivity index (χ3n) is 3.92. The van der Waals surface area contributed by atoms with Gasteiger partial charge >= 0.3 is 0 Å². The Balaban J connectivity index is 1.93. The Kier molecular flexibility index (Phi) is 5.33. The van der Waals surface area contributed by atoms with Crippen molar-refractivity contribution in [2.24, 2.45) is 11.7 Å². The molecule has 1 fully saturated rings. The van der Waals surface area contributed by atoms with E-state index in [0.717, 1.165) is 30.8 Å². The largest absolute Gasteiger partial charge is 0.330 e. The van der Waals surface area contributed by atoms with E-state index < -0.39 is 0 Å². The van der Waals surface area contributed by atoms with E-state index in [4.69, 9.17) is 5.73 Å². The first-order valence-corrected chi connectivity index (χ1v) is 7.54. The molecule has 0 aliphatic carbocycles. The molecular formula is C16H23N3O2. The van der Waals surface area contributed by atoms with Crippen LogP contribution in [0.2, 0.25) is 0 Å². The Labute approximate surface area is 125 Å². The van der Waals surface area contributed by atoms with E-state index in [1.165, 1.54) is 0 Å². The van der Waals surface area contributed by atoms with Crippen molar-refractivity contribution < 1.29 is 9.59 Å². The van der Waals surface area contributed by atoms with Gasteiger partial charge in [-0.2, -0.15) is 0 Å². The third-order valence-corrected chi connectivity index (χ3v) is 3.92. The van der Waals surface area contributed by atoms with Crippen LogP contribution in [0.1, 0.15) is 32.6 Å². The normalized spacial score (nSPS) is 16.1. The number of hydrogen-bond donors (Lipinski definition) is 2. The maximum absolute atomic E-state index is 11.9. The molecule has 1 heterocycles. The zero-order chi connectivity index (χ0) is 15.2. The fourth-order valence-corrected chi connectivity index (χ4v) is 2.51.